The molecule has 0 radical (unpaired) electrons. The minimum absolute atomic E-state index is 0.0170. The van der Waals surface area contributed by atoms with E-state index in [1.165, 1.54) is 47.6 Å². The lowest BCUT2D eigenvalue weighted by atomic mass is 10.0. The predicted octanol–water partition coefficient (Wildman–Crippen LogP) is 4.17. The van der Waals surface area contributed by atoms with Crippen LogP contribution in [0.3, 0.4) is 0 Å². The van der Waals surface area contributed by atoms with Gasteiger partial charge >= 0.3 is 5.97 Å². The molecule has 1 aromatic heterocycles. The summed E-state index contributed by atoms with van der Waals surface area (Å²) in [4.78, 5) is 26.7. The van der Waals surface area contributed by atoms with Crippen molar-refractivity contribution in [3.8, 4) is 0 Å². The molecular formula is C24H21NO6S2. The Morgan fingerprint density at radius 2 is 1.76 bits per heavy atom. The molecule has 0 fully saturated rings. The number of aliphatic hydroxyl groups is 1. The Morgan fingerprint density at radius 1 is 1.09 bits per heavy atom. The van der Waals surface area contributed by atoms with Crippen LogP contribution < -0.4 is 0 Å². The van der Waals surface area contributed by atoms with Gasteiger partial charge in [-0.2, -0.15) is 0 Å². The van der Waals surface area contributed by atoms with E-state index in [1.54, 1.807) is 24.3 Å². The molecule has 4 rings (SSSR count). The van der Waals surface area contributed by atoms with Gasteiger partial charge < -0.3 is 14.7 Å². The van der Waals surface area contributed by atoms with Crippen molar-refractivity contribution < 1.29 is 27.9 Å². The van der Waals surface area contributed by atoms with Crippen molar-refractivity contribution in [2.24, 2.45) is 0 Å². The van der Waals surface area contributed by atoms with Crippen molar-refractivity contribution >= 4 is 33.1 Å². The van der Waals surface area contributed by atoms with E-state index in [2.05, 4.69) is 0 Å². The quantitative estimate of drug-likeness (QED) is 0.528. The summed E-state index contributed by atoms with van der Waals surface area (Å²) < 4.78 is 31.9. The lowest BCUT2D eigenvalue weighted by molar-refractivity contribution is -0.130. The minimum Gasteiger partial charge on any atom is -0.502 e. The molecule has 1 aliphatic heterocycles. The number of carbonyl (C=O) groups is 2. The molecule has 0 saturated carbocycles. The maximum Gasteiger partial charge on any atom is 0.337 e. The number of aryl methyl sites for hydroxylation is 1. The van der Waals surface area contributed by atoms with Crippen LogP contribution in [0.4, 0.5) is 0 Å². The zero-order valence-corrected chi connectivity index (χ0v) is 19.5. The van der Waals surface area contributed by atoms with E-state index >= 15 is 0 Å². The van der Waals surface area contributed by atoms with Crippen molar-refractivity contribution in [1.82, 2.24) is 4.90 Å². The average molecular weight is 484 g/mol. The highest BCUT2D eigenvalue weighted by Crippen LogP contribution is 2.43. The number of hydrogen-bond acceptors (Lipinski definition) is 7. The molecule has 2 heterocycles. The molecule has 9 heteroatoms. The second-order valence-corrected chi connectivity index (χ2v) is 10.5. The van der Waals surface area contributed by atoms with Gasteiger partial charge in [0.05, 0.1) is 30.2 Å². The fraction of sp³-hybridized carbons (Fsp3) is 0.167. The predicted molar refractivity (Wildman–Crippen MR) is 123 cm³/mol. The first-order valence-corrected chi connectivity index (χ1v) is 12.4. The van der Waals surface area contributed by atoms with E-state index < -0.39 is 33.5 Å². The van der Waals surface area contributed by atoms with Gasteiger partial charge in [-0.15, -0.1) is 11.3 Å². The van der Waals surface area contributed by atoms with Crippen LogP contribution in [0, 0.1) is 6.92 Å². The van der Waals surface area contributed by atoms with E-state index in [0.717, 1.165) is 10.4 Å². The van der Waals surface area contributed by atoms with Crippen LogP contribution in [0.5, 0.6) is 0 Å². The molecule has 0 aliphatic carbocycles. The number of esters is 1. The van der Waals surface area contributed by atoms with E-state index in [-0.39, 0.29) is 21.9 Å². The number of carbonyl (C=O) groups excluding carboxylic acids is 2. The Kier molecular flexibility index (Phi) is 6.09. The second kappa shape index (κ2) is 8.84. The summed E-state index contributed by atoms with van der Waals surface area (Å²) in [5.74, 6) is -2.10. The van der Waals surface area contributed by atoms with E-state index in [0.29, 0.717) is 5.56 Å². The van der Waals surface area contributed by atoms with Gasteiger partial charge in [-0.1, -0.05) is 35.9 Å². The van der Waals surface area contributed by atoms with Gasteiger partial charge in [0.1, 0.15) is 4.91 Å². The maximum absolute atomic E-state index is 13.6. The first kappa shape index (κ1) is 22.8. The Morgan fingerprint density at radius 3 is 2.33 bits per heavy atom. The lowest BCUT2D eigenvalue weighted by Gasteiger charge is -2.26. The highest BCUT2D eigenvalue weighted by atomic mass is 32.2. The van der Waals surface area contributed by atoms with Gasteiger partial charge in [-0.05, 0) is 48.2 Å². The fourth-order valence-electron chi connectivity index (χ4n) is 3.73. The Bertz CT molecular complexity index is 1320. The number of thiophene rings is 1. The Hall–Kier alpha value is -3.43. The third kappa shape index (κ3) is 4.17. The van der Waals surface area contributed by atoms with Crippen LogP contribution in [0.15, 0.2) is 81.6 Å². The van der Waals surface area contributed by atoms with Crippen molar-refractivity contribution in [3.05, 3.63) is 98.3 Å². The fourth-order valence-corrected chi connectivity index (χ4v) is 6.08. The number of benzene rings is 2. The number of sulfone groups is 1. The number of amides is 1. The number of hydrogen-bond donors (Lipinski definition) is 1. The van der Waals surface area contributed by atoms with Crippen LogP contribution in [0.1, 0.15) is 32.4 Å². The molecule has 1 amide bonds. The smallest absolute Gasteiger partial charge is 0.337 e. The normalized spacial score (nSPS) is 16.4. The summed E-state index contributed by atoms with van der Waals surface area (Å²) in [6.45, 7) is 1.96. The van der Waals surface area contributed by atoms with E-state index in [1.807, 2.05) is 24.4 Å². The Balaban J connectivity index is 1.84. The van der Waals surface area contributed by atoms with E-state index in [4.69, 9.17) is 4.74 Å². The SMILES string of the molecule is COC(=O)c1ccc(C2C(S(=O)(=O)c3ccc(C)cc3)=C(O)C(=O)N2Cc2cccs2)cc1. The first-order valence-electron chi connectivity index (χ1n) is 10.0. The summed E-state index contributed by atoms with van der Waals surface area (Å²) in [7, 11) is -2.93. The van der Waals surface area contributed by atoms with Crippen molar-refractivity contribution in [1.29, 1.82) is 0 Å². The van der Waals surface area contributed by atoms with E-state index in [9.17, 15) is 23.1 Å². The van der Waals surface area contributed by atoms with Crippen LogP contribution in [-0.4, -0.2) is 37.4 Å². The number of ether oxygens (including phenoxy) is 1. The molecule has 2 aromatic carbocycles. The van der Waals surface area contributed by atoms with Crippen molar-refractivity contribution in [2.75, 3.05) is 7.11 Å². The summed E-state index contributed by atoms with van der Waals surface area (Å²) in [6, 6.07) is 15.0. The zero-order chi connectivity index (χ0) is 23.8. The molecule has 1 atom stereocenters. The van der Waals surface area contributed by atoms with Crippen molar-refractivity contribution in [3.63, 3.8) is 0 Å². The third-order valence-corrected chi connectivity index (χ3v) is 8.18. The summed E-state index contributed by atoms with van der Waals surface area (Å²) in [5.41, 5.74) is 1.61. The molecule has 1 N–H and O–H groups in total. The molecule has 0 saturated heterocycles. The van der Waals surface area contributed by atoms with Gasteiger partial charge in [0.25, 0.3) is 5.91 Å². The highest BCUT2D eigenvalue weighted by molar-refractivity contribution is 7.95. The third-order valence-electron chi connectivity index (χ3n) is 5.43. The Labute approximate surface area is 195 Å². The molecule has 170 valence electrons. The lowest BCUT2D eigenvalue weighted by Crippen LogP contribution is -2.30. The molecule has 0 spiro atoms. The summed E-state index contributed by atoms with van der Waals surface area (Å²) in [6.07, 6.45) is 0. The van der Waals surface area contributed by atoms with Gasteiger partial charge in [0, 0.05) is 4.88 Å². The van der Waals surface area contributed by atoms with Crippen molar-refractivity contribution in [2.45, 2.75) is 24.4 Å². The monoisotopic (exact) mass is 483 g/mol. The molecule has 1 unspecified atom stereocenters. The summed E-state index contributed by atoms with van der Waals surface area (Å²) in [5, 5.41) is 12.6. The second-order valence-electron chi connectivity index (χ2n) is 7.56. The summed E-state index contributed by atoms with van der Waals surface area (Å²) >= 11 is 1.42. The molecule has 0 bridgehead atoms. The number of rotatable bonds is 6. The van der Waals surface area contributed by atoms with Gasteiger partial charge in [-0.3, -0.25) is 4.79 Å². The van der Waals surface area contributed by atoms with Crippen LogP contribution in [-0.2, 0) is 25.9 Å². The zero-order valence-electron chi connectivity index (χ0n) is 17.9. The maximum atomic E-state index is 13.6. The topological polar surface area (TPSA) is 101 Å². The standard InChI is InChI=1S/C24H21NO6S2/c1-15-5-11-19(12-6-15)33(29,30)22-20(16-7-9-17(10-8-16)24(28)31-2)25(23(27)21(22)26)14-18-4-3-13-32-18/h3-13,20,26H,14H2,1-2H3. The average Bonchev–Trinajstić information content (AvgIpc) is 3.41. The highest BCUT2D eigenvalue weighted by Gasteiger charge is 2.47. The largest absolute Gasteiger partial charge is 0.502 e. The van der Waals surface area contributed by atoms with Crippen LogP contribution >= 0.6 is 11.3 Å². The number of nitrogens with zero attached hydrogens (tertiary/aromatic N) is 1. The number of methoxy groups -OCH3 is 1. The van der Waals surface area contributed by atoms with Crippen LogP contribution in [0.2, 0.25) is 0 Å². The molecule has 7 nitrogen and oxygen atoms in total. The van der Waals surface area contributed by atoms with Crippen LogP contribution in [0.25, 0.3) is 0 Å². The van der Waals surface area contributed by atoms with Gasteiger partial charge in [0.2, 0.25) is 9.84 Å². The minimum atomic E-state index is -4.20. The number of aliphatic hydroxyl groups excluding tert-OH is 1. The molecule has 3 aromatic rings. The molecule has 1 aliphatic rings. The van der Waals surface area contributed by atoms with Gasteiger partial charge in [0.15, 0.2) is 5.76 Å². The van der Waals surface area contributed by atoms with Gasteiger partial charge in [-0.25, -0.2) is 13.2 Å². The molecular weight excluding hydrogens is 462 g/mol. The first-order chi connectivity index (χ1) is 15.7. The molecule has 33 heavy (non-hydrogen) atoms.